The van der Waals surface area contributed by atoms with Gasteiger partial charge in [-0.15, -0.1) is 6.42 Å². The quantitative estimate of drug-likeness (QED) is 0.305. The molecule has 1 fully saturated rings. The molecule has 2 aromatic carbocycles. The van der Waals surface area contributed by atoms with Crippen molar-refractivity contribution in [1.29, 1.82) is 0 Å². The Morgan fingerprint density at radius 1 is 1.21 bits per heavy atom. The minimum absolute atomic E-state index is 0.118. The van der Waals surface area contributed by atoms with Crippen molar-refractivity contribution in [1.82, 2.24) is 4.90 Å². The molecule has 0 N–H and O–H groups in total. The SMILES string of the molecule is C#CCOc1c(Br)cc(/C=C2\SC(=Nc3ccc(OC)cc3)N(CCOC)C2=O)cc1OCC. The van der Waals surface area contributed by atoms with Gasteiger partial charge in [0.25, 0.3) is 5.91 Å². The molecule has 0 unspecified atom stereocenters. The summed E-state index contributed by atoms with van der Waals surface area (Å²) in [6.45, 7) is 3.24. The van der Waals surface area contributed by atoms with E-state index in [1.54, 1.807) is 19.1 Å². The minimum Gasteiger partial charge on any atom is -0.497 e. The Balaban J connectivity index is 1.95. The second kappa shape index (κ2) is 12.5. The number of carbonyl (C=O) groups is 1. The van der Waals surface area contributed by atoms with Crippen molar-refractivity contribution >= 4 is 50.5 Å². The van der Waals surface area contributed by atoms with E-state index in [0.717, 1.165) is 17.0 Å². The van der Waals surface area contributed by atoms with Crippen LogP contribution in [0.3, 0.4) is 0 Å². The standard InChI is InChI=1S/C25H25BrN2O5S/c1-5-12-33-23-20(26)14-17(15-21(23)32-6-2)16-22-24(29)28(11-13-30-3)25(34-22)27-18-7-9-19(31-4)10-8-18/h1,7-10,14-16H,6,11-13H2,2-4H3/b22-16-,27-25?. The molecule has 178 valence electrons. The highest BCUT2D eigenvalue weighted by Gasteiger charge is 2.33. The summed E-state index contributed by atoms with van der Waals surface area (Å²) in [7, 11) is 3.21. The predicted molar refractivity (Wildman–Crippen MR) is 139 cm³/mol. The lowest BCUT2D eigenvalue weighted by atomic mass is 10.2. The van der Waals surface area contributed by atoms with E-state index >= 15 is 0 Å². The Bertz CT molecular complexity index is 1130. The van der Waals surface area contributed by atoms with Gasteiger partial charge in [-0.2, -0.15) is 0 Å². The highest BCUT2D eigenvalue weighted by Crippen LogP contribution is 2.39. The number of ether oxygens (including phenoxy) is 4. The Morgan fingerprint density at radius 2 is 1.97 bits per heavy atom. The zero-order valence-corrected chi connectivity index (χ0v) is 21.6. The molecule has 0 aliphatic carbocycles. The molecule has 0 spiro atoms. The van der Waals surface area contributed by atoms with Crippen LogP contribution in [0.4, 0.5) is 5.69 Å². The zero-order valence-electron chi connectivity index (χ0n) is 19.2. The van der Waals surface area contributed by atoms with Gasteiger partial charge in [0.05, 0.1) is 41.9 Å². The maximum atomic E-state index is 13.2. The van der Waals surface area contributed by atoms with E-state index in [9.17, 15) is 4.79 Å². The largest absolute Gasteiger partial charge is 0.497 e. The maximum absolute atomic E-state index is 13.2. The summed E-state index contributed by atoms with van der Waals surface area (Å²) in [6.07, 6.45) is 7.13. The van der Waals surface area contributed by atoms with Gasteiger partial charge in [-0.3, -0.25) is 9.69 Å². The van der Waals surface area contributed by atoms with Gasteiger partial charge in [-0.25, -0.2) is 4.99 Å². The average molecular weight is 545 g/mol. The molecule has 0 aromatic heterocycles. The van der Waals surface area contributed by atoms with E-state index < -0.39 is 0 Å². The molecule has 0 radical (unpaired) electrons. The number of amides is 1. The predicted octanol–water partition coefficient (Wildman–Crippen LogP) is 5.12. The summed E-state index contributed by atoms with van der Waals surface area (Å²) in [5, 5.41) is 0.580. The van der Waals surface area contributed by atoms with Gasteiger partial charge in [0.2, 0.25) is 0 Å². The molecule has 1 saturated heterocycles. The van der Waals surface area contributed by atoms with Crippen molar-refractivity contribution in [2.24, 2.45) is 4.99 Å². The van der Waals surface area contributed by atoms with Crippen LogP contribution < -0.4 is 14.2 Å². The number of thioether (sulfide) groups is 1. The third-order valence-corrected chi connectivity index (χ3v) is 6.23. The van der Waals surface area contributed by atoms with Crippen LogP contribution in [0.5, 0.6) is 17.2 Å². The van der Waals surface area contributed by atoms with Crippen LogP contribution in [0.1, 0.15) is 12.5 Å². The van der Waals surface area contributed by atoms with Crippen molar-refractivity contribution in [2.75, 3.05) is 40.6 Å². The van der Waals surface area contributed by atoms with Gasteiger partial charge < -0.3 is 18.9 Å². The summed E-state index contributed by atoms with van der Waals surface area (Å²) < 4.78 is 22.4. The van der Waals surface area contributed by atoms with Crippen molar-refractivity contribution < 1.29 is 23.7 Å². The van der Waals surface area contributed by atoms with Crippen LogP contribution in [0, 0.1) is 12.3 Å². The highest BCUT2D eigenvalue weighted by atomic mass is 79.9. The normalized spacial score (nSPS) is 15.6. The molecule has 1 amide bonds. The number of nitrogens with zero attached hydrogens (tertiary/aromatic N) is 2. The van der Waals surface area contributed by atoms with Crippen LogP contribution in [0.25, 0.3) is 6.08 Å². The molecule has 1 aliphatic rings. The van der Waals surface area contributed by atoms with Gasteiger partial charge >= 0.3 is 0 Å². The molecular formula is C25H25BrN2O5S. The molecule has 0 saturated carbocycles. The van der Waals surface area contributed by atoms with Gasteiger partial charge in [-0.1, -0.05) is 5.92 Å². The van der Waals surface area contributed by atoms with Gasteiger partial charge in [0.15, 0.2) is 16.7 Å². The van der Waals surface area contributed by atoms with Crippen molar-refractivity contribution in [2.45, 2.75) is 6.92 Å². The van der Waals surface area contributed by atoms with E-state index in [1.165, 1.54) is 11.8 Å². The van der Waals surface area contributed by atoms with E-state index in [1.807, 2.05) is 49.4 Å². The van der Waals surface area contributed by atoms with Crippen molar-refractivity contribution in [3.63, 3.8) is 0 Å². The third-order valence-electron chi connectivity index (χ3n) is 4.63. The van der Waals surface area contributed by atoms with Gasteiger partial charge in [-0.05, 0) is 82.7 Å². The molecule has 0 atom stereocenters. The summed E-state index contributed by atoms with van der Waals surface area (Å²) in [5.41, 5.74) is 1.49. The molecular weight excluding hydrogens is 520 g/mol. The minimum atomic E-state index is -0.143. The molecule has 7 nitrogen and oxygen atoms in total. The summed E-state index contributed by atoms with van der Waals surface area (Å²) in [6, 6.07) is 11.0. The molecule has 2 aromatic rings. The Labute approximate surface area is 212 Å². The number of hydrogen-bond acceptors (Lipinski definition) is 7. The Kier molecular flexibility index (Phi) is 9.45. The first-order valence-electron chi connectivity index (χ1n) is 10.5. The third kappa shape index (κ3) is 6.35. The number of halogens is 1. The number of rotatable bonds is 10. The molecule has 0 bridgehead atoms. The number of methoxy groups -OCH3 is 2. The fourth-order valence-electron chi connectivity index (χ4n) is 3.08. The second-order valence-corrected chi connectivity index (χ2v) is 8.77. The number of terminal acetylenes is 1. The fraction of sp³-hybridized carbons (Fsp3) is 0.280. The summed E-state index contributed by atoms with van der Waals surface area (Å²) >= 11 is 4.83. The maximum Gasteiger partial charge on any atom is 0.266 e. The first-order chi connectivity index (χ1) is 16.5. The number of hydrogen-bond donors (Lipinski definition) is 0. The lowest BCUT2D eigenvalue weighted by Gasteiger charge is -2.15. The first kappa shape index (κ1) is 25.7. The van der Waals surface area contributed by atoms with E-state index in [-0.39, 0.29) is 12.5 Å². The smallest absolute Gasteiger partial charge is 0.266 e. The monoisotopic (exact) mass is 544 g/mol. The van der Waals surface area contributed by atoms with E-state index in [4.69, 9.17) is 25.4 Å². The fourth-order valence-corrected chi connectivity index (χ4v) is 4.68. The van der Waals surface area contributed by atoms with Crippen LogP contribution in [0.15, 0.2) is 50.8 Å². The topological polar surface area (TPSA) is 69.6 Å². The van der Waals surface area contributed by atoms with Gasteiger partial charge in [0, 0.05) is 7.11 Å². The lowest BCUT2D eigenvalue weighted by Crippen LogP contribution is -2.32. The van der Waals surface area contributed by atoms with Crippen molar-refractivity contribution in [3.8, 4) is 29.6 Å². The van der Waals surface area contributed by atoms with Crippen LogP contribution in [-0.2, 0) is 9.53 Å². The van der Waals surface area contributed by atoms with Crippen LogP contribution in [0.2, 0.25) is 0 Å². The number of benzene rings is 2. The number of amidine groups is 1. The summed E-state index contributed by atoms with van der Waals surface area (Å²) in [4.78, 5) is 20.0. The molecule has 9 heteroatoms. The molecule has 1 heterocycles. The van der Waals surface area contributed by atoms with E-state index in [0.29, 0.717) is 45.8 Å². The van der Waals surface area contributed by atoms with E-state index in [2.05, 4.69) is 26.8 Å². The average Bonchev–Trinajstić information content (AvgIpc) is 3.11. The molecule has 34 heavy (non-hydrogen) atoms. The lowest BCUT2D eigenvalue weighted by molar-refractivity contribution is -0.122. The molecule has 1 aliphatic heterocycles. The Hall–Kier alpha value is -2.93. The summed E-state index contributed by atoms with van der Waals surface area (Å²) in [5.74, 6) is 4.11. The first-order valence-corrected chi connectivity index (χ1v) is 12.1. The van der Waals surface area contributed by atoms with Crippen LogP contribution in [-0.4, -0.2) is 56.6 Å². The Morgan fingerprint density at radius 3 is 2.62 bits per heavy atom. The van der Waals surface area contributed by atoms with Crippen molar-refractivity contribution in [3.05, 3.63) is 51.3 Å². The second-order valence-electron chi connectivity index (χ2n) is 6.91. The molecule has 3 rings (SSSR count). The van der Waals surface area contributed by atoms with Crippen LogP contribution >= 0.6 is 27.7 Å². The zero-order chi connectivity index (χ0) is 24.5. The highest BCUT2D eigenvalue weighted by molar-refractivity contribution is 9.10. The number of aliphatic imine (C=N–C) groups is 1. The van der Waals surface area contributed by atoms with Gasteiger partial charge in [0.1, 0.15) is 12.4 Å². The number of carbonyl (C=O) groups excluding carboxylic acids is 1.